The second-order valence-electron chi connectivity index (χ2n) is 5.93. The Hall–Kier alpha value is -0.860. The summed E-state index contributed by atoms with van der Waals surface area (Å²) in [6.07, 6.45) is 3.12. The van der Waals surface area contributed by atoms with E-state index in [1.165, 1.54) is 6.42 Å². The minimum Gasteiger partial charge on any atom is -0.345 e. The minimum absolute atomic E-state index is 0.234. The number of fused-ring (bicyclic) bond motifs is 1. The molecule has 3 nitrogen and oxygen atoms in total. The fourth-order valence-electron chi connectivity index (χ4n) is 4.38. The van der Waals surface area contributed by atoms with E-state index < -0.39 is 0 Å². The van der Waals surface area contributed by atoms with Gasteiger partial charge in [-0.15, -0.1) is 0 Å². The standard InChI is InChI=1S/C13H19NO2/c1-7(15)10-5-11-9-3-8(10)4-12(11)13(16)14(2)6-9/h8-12H,3-6H2,1-2H3. The Morgan fingerprint density at radius 1 is 1.25 bits per heavy atom. The van der Waals surface area contributed by atoms with Gasteiger partial charge in [-0.2, -0.15) is 0 Å². The maximum Gasteiger partial charge on any atom is 0.225 e. The van der Waals surface area contributed by atoms with Gasteiger partial charge in [0.25, 0.3) is 0 Å². The molecule has 0 N–H and O–H groups in total. The summed E-state index contributed by atoms with van der Waals surface area (Å²) in [6.45, 7) is 2.64. The van der Waals surface area contributed by atoms with E-state index in [-0.39, 0.29) is 11.8 Å². The predicted octanol–water partition coefficient (Wildman–Crippen LogP) is 1.33. The third-order valence-corrected chi connectivity index (χ3v) is 5.10. The molecule has 0 aromatic carbocycles. The first-order valence-electron chi connectivity index (χ1n) is 6.33. The number of nitrogens with zero attached hydrogens (tertiary/aromatic N) is 1. The lowest BCUT2D eigenvalue weighted by atomic mass is 9.53. The monoisotopic (exact) mass is 221 g/mol. The topological polar surface area (TPSA) is 37.4 Å². The van der Waals surface area contributed by atoms with E-state index in [1.54, 1.807) is 6.92 Å². The third kappa shape index (κ3) is 1.26. The first kappa shape index (κ1) is 10.3. The quantitative estimate of drug-likeness (QED) is 0.670. The van der Waals surface area contributed by atoms with Gasteiger partial charge in [0.1, 0.15) is 5.78 Å². The number of likely N-dealkylation sites (tertiary alicyclic amines) is 1. The van der Waals surface area contributed by atoms with Crippen molar-refractivity contribution in [1.82, 2.24) is 4.90 Å². The van der Waals surface area contributed by atoms with Gasteiger partial charge in [0.05, 0.1) is 0 Å². The summed E-state index contributed by atoms with van der Waals surface area (Å²) in [6, 6.07) is 0. The molecule has 3 saturated carbocycles. The highest BCUT2D eigenvalue weighted by Gasteiger charge is 2.53. The van der Waals surface area contributed by atoms with Crippen molar-refractivity contribution in [3.63, 3.8) is 0 Å². The maximum absolute atomic E-state index is 12.0. The van der Waals surface area contributed by atoms with Gasteiger partial charge >= 0.3 is 0 Å². The predicted molar refractivity (Wildman–Crippen MR) is 59.6 cm³/mol. The van der Waals surface area contributed by atoms with Crippen molar-refractivity contribution in [3.8, 4) is 0 Å². The molecular formula is C13H19NO2. The summed E-state index contributed by atoms with van der Waals surface area (Å²) in [5.41, 5.74) is 0. The van der Waals surface area contributed by atoms with Crippen molar-refractivity contribution in [1.29, 1.82) is 0 Å². The van der Waals surface area contributed by atoms with Gasteiger partial charge in [-0.25, -0.2) is 0 Å². The van der Waals surface area contributed by atoms with Crippen molar-refractivity contribution in [2.24, 2.45) is 29.6 Å². The Kier molecular flexibility index (Phi) is 2.13. The van der Waals surface area contributed by atoms with Crippen LogP contribution in [0.2, 0.25) is 0 Å². The lowest BCUT2D eigenvalue weighted by Crippen LogP contribution is -2.57. The Balaban J connectivity index is 1.87. The van der Waals surface area contributed by atoms with Crippen LogP contribution in [0.5, 0.6) is 0 Å². The van der Waals surface area contributed by atoms with Crippen molar-refractivity contribution >= 4 is 11.7 Å². The number of hydrogen-bond donors (Lipinski definition) is 0. The molecule has 88 valence electrons. The van der Waals surface area contributed by atoms with Crippen LogP contribution >= 0.6 is 0 Å². The van der Waals surface area contributed by atoms with Gasteiger partial charge in [-0.3, -0.25) is 9.59 Å². The molecular weight excluding hydrogens is 202 g/mol. The zero-order valence-electron chi connectivity index (χ0n) is 9.98. The van der Waals surface area contributed by atoms with Gasteiger partial charge in [0.15, 0.2) is 0 Å². The summed E-state index contributed by atoms with van der Waals surface area (Å²) in [7, 11) is 1.92. The van der Waals surface area contributed by atoms with Gasteiger partial charge in [0.2, 0.25) is 5.91 Å². The zero-order chi connectivity index (χ0) is 11.4. The van der Waals surface area contributed by atoms with Crippen molar-refractivity contribution in [2.45, 2.75) is 26.2 Å². The van der Waals surface area contributed by atoms with Crippen LogP contribution < -0.4 is 0 Å². The molecule has 4 aliphatic rings. The molecule has 3 heteroatoms. The second kappa shape index (κ2) is 3.31. The first-order valence-corrected chi connectivity index (χ1v) is 6.33. The highest BCUT2D eigenvalue weighted by atomic mass is 16.2. The van der Waals surface area contributed by atoms with E-state index >= 15 is 0 Å². The van der Waals surface area contributed by atoms with Gasteiger partial charge in [-0.1, -0.05) is 0 Å². The van der Waals surface area contributed by atoms with E-state index in [1.807, 2.05) is 11.9 Å². The number of amides is 1. The second-order valence-corrected chi connectivity index (χ2v) is 5.93. The van der Waals surface area contributed by atoms with Crippen LogP contribution in [0.3, 0.4) is 0 Å². The zero-order valence-corrected chi connectivity index (χ0v) is 9.98. The molecule has 4 bridgehead atoms. The van der Waals surface area contributed by atoms with Gasteiger partial charge < -0.3 is 4.90 Å². The summed E-state index contributed by atoms with van der Waals surface area (Å²) < 4.78 is 0. The number of hydrogen-bond acceptors (Lipinski definition) is 2. The van der Waals surface area contributed by atoms with Gasteiger partial charge in [0, 0.05) is 25.4 Å². The highest BCUT2D eigenvalue weighted by Crippen LogP contribution is 2.54. The minimum atomic E-state index is 0.234. The molecule has 1 amide bonds. The molecule has 0 aromatic heterocycles. The largest absolute Gasteiger partial charge is 0.345 e. The lowest BCUT2D eigenvalue weighted by Gasteiger charge is -2.55. The van der Waals surface area contributed by atoms with Crippen LogP contribution in [-0.2, 0) is 9.59 Å². The van der Waals surface area contributed by atoms with Crippen molar-refractivity contribution in [2.75, 3.05) is 13.6 Å². The van der Waals surface area contributed by atoms with Crippen LogP contribution in [0, 0.1) is 29.6 Å². The summed E-state index contributed by atoms with van der Waals surface area (Å²) in [5.74, 6) is 2.83. The fraction of sp³-hybridized carbons (Fsp3) is 0.846. The molecule has 1 heterocycles. The summed E-state index contributed by atoms with van der Waals surface area (Å²) in [5, 5.41) is 0. The molecule has 16 heavy (non-hydrogen) atoms. The molecule has 5 atom stereocenters. The number of carbonyl (C=O) groups excluding carboxylic acids is 2. The van der Waals surface area contributed by atoms with E-state index in [9.17, 15) is 9.59 Å². The molecule has 4 rings (SSSR count). The number of carbonyl (C=O) groups is 2. The summed E-state index contributed by atoms with van der Waals surface area (Å²) in [4.78, 5) is 25.5. The first-order chi connectivity index (χ1) is 7.58. The number of Topliss-reactive ketones (excluding diaryl/α,β-unsaturated/α-hetero) is 1. The SMILES string of the molecule is CC(=O)C1CC2C3CC1CC2C(=O)N(C)C3. The molecule has 3 aliphatic carbocycles. The molecule has 0 spiro atoms. The molecule has 1 aliphatic heterocycles. The summed E-state index contributed by atoms with van der Waals surface area (Å²) >= 11 is 0. The highest BCUT2D eigenvalue weighted by molar-refractivity contribution is 5.82. The van der Waals surface area contributed by atoms with Crippen molar-refractivity contribution < 1.29 is 9.59 Å². The van der Waals surface area contributed by atoms with Gasteiger partial charge in [-0.05, 0) is 43.9 Å². The number of piperidine rings is 1. The van der Waals surface area contributed by atoms with Crippen molar-refractivity contribution in [3.05, 3.63) is 0 Å². The number of rotatable bonds is 1. The lowest BCUT2D eigenvalue weighted by molar-refractivity contribution is -0.158. The Labute approximate surface area is 96.2 Å². The van der Waals surface area contributed by atoms with Crippen LogP contribution in [0.1, 0.15) is 26.2 Å². The Bertz CT molecular complexity index is 352. The number of ketones is 1. The smallest absolute Gasteiger partial charge is 0.225 e. The van der Waals surface area contributed by atoms with Crippen LogP contribution in [0.25, 0.3) is 0 Å². The molecule has 0 radical (unpaired) electrons. The average molecular weight is 221 g/mol. The molecule has 0 aromatic rings. The normalized spacial score (nSPS) is 46.0. The van der Waals surface area contributed by atoms with Crippen LogP contribution in [0.15, 0.2) is 0 Å². The molecule has 1 saturated heterocycles. The Morgan fingerprint density at radius 3 is 2.62 bits per heavy atom. The molecule has 5 unspecified atom stereocenters. The average Bonchev–Trinajstić information content (AvgIpc) is 2.26. The Morgan fingerprint density at radius 2 is 2.00 bits per heavy atom. The van der Waals surface area contributed by atoms with Crippen LogP contribution in [0.4, 0.5) is 0 Å². The van der Waals surface area contributed by atoms with E-state index in [0.717, 1.165) is 19.4 Å². The fourth-order valence-corrected chi connectivity index (χ4v) is 4.38. The van der Waals surface area contributed by atoms with E-state index in [2.05, 4.69) is 0 Å². The third-order valence-electron chi connectivity index (χ3n) is 5.10. The van der Waals surface area contributed by atoms with E-state index in [0.29, 0.717) is 29.4 Å². The molecule has 4 fully saturated rings. The van der Waals surface area contributed by atoms with E-state index in [4.69, 9.17) is 0 Å². The maximum atomic E-state index is 12.0. The van der Waals surface area contributed by atoms with Crippen LogP contribution in [-0.4, -0.2) is 30.2 Å².